The summed E-state index contributed by atoms with van der Waals surface area (Å²) in [6.07, 6.45) is 0.434. The lowest BCUT2D eigenvalue weighted by atomic mass is 9.97. The predicted octanol–water partition coefficient (Wildman–Crippen LogP) is 2.58. The van der Waals surface area contributed by atoms with E-state index in [9.17, 15) is 10.0 Å². The Morgan fingerprint density at radius 3 is 2.70 bits per heavy atom. The minimum absolute atomic E-state index is 0.434. The van der Waals surface area contributed by atoms with Gasteiger partial charge in [-0.05, 0) is 47.9 Å². The number of halogens is 1. The summed E-state index contributed by atoms with van der Waals surface area (Å²) in [5, 5.41) is 11.2. The minimum Gasteiger partial charge on any atom is -0.370 e. The van der Waals surface area contributed by atoms with Gasteiger partial charge in [-0.1, -0.05) is 23.7 Å². The fourth-order valence-corrected chi connectivity index (χ4v) is 2.89. The smallest absolute Gasteiger partial charge is 0.267 e. The molecule has 0 bridgehead atoms. The molecule has 5 nitrogen and oxygen atoms in total. The summed E-state index contributed by atoms with van der Waals surface area (Å²) >= 11 is 5.91. The SMILES string of the molecule is CN(Cc1ccc2c(c1)C[C@H](N)C(=O)N2O)c1ccc(Cl)cc1. The fourth-order valence-electron chi connectivity index (χ4n) is 2.77. The molecule has 23 heavy (non-hydrogen) atoms. The van der Waals surface area contributed by atoms with E-state index in [1.807, 2.05) is 43.4 Å². The molecule has 120 valence electrons. The lowest BCUT2D eigenvalue weighted by Crippen LogP contribution is -2.47. The average Bonchev–Trinajstić information content (AvgIpc) is 2.53. The van der Waals surface area contributed by atoms with Gasteiger partial charge in [0.1, 0.15) is 0 Å². The van der Waals surface area contributed by atoms with Crippen molar-refractivity contribution < 1.29 is 10.0 Å². The molecule has 0 saturated carbocycles. The van der Waals surface area contributed by atoms with Gasteiger partial charge < -0.3 is 10.6 Å². The molecule has 6 heteroatoms. The van der Waals surface area contributed by atoms with Crippen molar-refractivity contribution in [1.82, 2.24) is 0 Å². The van der Waals surface area contributed by atoms with Crippen LogP contribution in [0.3, 0.4) is 0 Å². The first-order valence-electron chi connectivity index (χ1n) is 7.32. The Bertz CT molecular complexity index is 733. The van der Waals surface area contributed by atoms with E-state index >= 15 is 0 Å². The van der Waals surface area contributed by atoms with E-state index in [1.165, 1.54) is 0 Å². The van der Waals surface area contributed by atoms with Gasteiger partial charge >= 0.3 is 0 Å². The molecule has 0 radical (unpaired) electrons. The molecule has 0 fully saturated rings. The first-order valence-corrected chi connectivity index (χ1v) is 7.70. The monoisotopic (exact) mass is 331 g/mol. The van der Waals surface area contributed by atoms with Crippen molar-refractivity contribution in [3.05, 3.63) is 58.6 Å². The van der Waals surface area contributed by atoms with E-state index < -0.39 is 11.9 Å². The molecule has 3 N–H and O–H groups in total. The van der Waals surface area contributed by atoms with Crippen molar-refractivity contribution >= 4 is 28.9 Å². The number of benzene rings is 2. The van der Waals surface area contributed by atoms with Gasteiger partial charge in [0, 0.05) is 24.3 Å². The average molecular weight is 332 g/mol. The number of nitrogens with two attached hydrogens (primary N) is 1. The third-order valence-corrected chi connectivity index (χ3v) is 4.28. The number of anilines is 2. The molecule has 0 spiro atoms. The second-order valence-corrected chi connectivity index (χ2v) is 6.19. The molecule has 0 aliphatic carbocycles. The summed E-state index contributed by atoms with van der Waals surface area (Å²) in [5.41, 5.74) is 9.29. The number of fused-ring (bicyclic) bond motifs is 1. The number of hydrogen-bond donors (Lipinski definition) is 2. The Balaban J connectivity index is 1.81. The molecule has 1 aliphatic rings. The van der Waals surface area contributed by atoms with Gasteiger partial charge in [-0.3, -0.25) is 10.0 Å². The van der Waals surface area contributed by atoms with Crippen LogP contribution >= 0.6 is 11.6 Å². The van der Waals surface area contributed by atoms with Gasteiger partial charge in [0.15, 0.2) is 0 Å². The molecule has 0 saturated heterocycles. The van der Waals surface area contributed by atoms with E-state index in [0.29, 0.717) is 28.7 Å². The van der Waals surface area contributed by atoms with Gasteiger partial charge in [-0.15, -0.1) is 0 Å². The van der Waals surface area contributed by atoms with Crippen LogP contribution in [0.2, 0.25) is 5.02 Å². The summed E-state index contributed by atoms with van der Waals surface area (Å²) in [4.78, 5) is 13.8. The lowest BCUT2D eigenvalue weighted by Gasteiger charge is -2.28. The van der Waals surface area contributed by atoms with Gasteiger partial charge in [-0.25, -0.2) is 0 Å². The molecule has 3 rings (SSSR count). The van der Waals surface area contributed by atoms with Crippen molar-refractivity contribution in [2.75, 3.05) is 17.0 Å². The Hall–Kier alpha value is -2.08. The Labute approximate surface area is 139 Å². The molecule has 0 aromatic heterocycles. The standard InChI is InChI=1S/C17H18ClN3O2/c1-20(14-5-3-13(18)4-6-14)10-11-2-7-16-12(8-11)9-15(19)17(22)21(16)23/h2-8,15,23H,9-10,19H2,1H3/t15-/m0/s1. The molecule has 1 amide bonds. The number of carbonyl (C=O) groups excluding carboxylic acids is 1. The first-order chi connectivity index (χ1) is 11.0. The van der Waals surface area contributed by atoms with Gasteiger partial charge in [0.25, 0.3) is 5.91 Å². The van der Waals surface area contributed by atoms with Crippen molar-refractivity contribution in [1.29, 1.82) is 0 Å². The molecule has 1 heterocycles. The second kappa shape index (κ2) is 6.20. The predicted molar refractivity (Wildman–Crippen MR) is 91.0 cm³/mol. The summed E-state index contributed by atoms with van der Waals surface area (Å²) in [6, 6.07) is 12.6. The van der Waals surface area contributed by atoms with Crippen LogP contribution < -0.4 is 15.7 Å². The Morgan fingerprint density at radius 2 is 2.00 bits per heavy atom. The maximum atomic E-state index is 11.7. The van der Waals surface area contributed by atoms with E-state index in [1.54, 1.807) is 6.07 Å². The topological polar surface area (TPSA) is 69.8 Å². The summed E-state index contributed by atoms with van der Waals surface area (Å²) in [7, 11) is 2.00. The number of hydroxylamine groups is 1. The Kier molecular flexibility index (Phi) is 4.26. The van der Waals surface area contributed by atoms with Crippen LogP contribution in [0.1, 0.15) is 11.1 Å². The first kappa shape index (κ1) is 15.8. The van der Waals surface area contributed by atoms with E-state index in [4.69, 9.17) is 17.3 Å². The van der Waals surface area contributed by atoms with Crippen LogP contribution in [-0.4, -0.2) is 24.2 Å². The summed E-state index contributed by atoms with van der Waals surface area (Å²) < 4.78 is 0. The fraction of sp³-hybridized carbons (Fsp3) is 0.235. The quantitative estimate of drug-likeness (QED) is 0.848. The maximum absolute atomic E-state index is 11.7. The molecular formula is C17H18ClN3O2. The highest BCUT2D eigenvalue weighted by Crippen LogP contribution is 2.28. The van der Waals surface area contributed by atoms with Crippen LogP contribution in [0.4, 0.5) is 11.4 Å². The zero-order valence-corrected chi connectivity index (χ0v) is 13.5. The van der Waals surface area contributed by atoms with Crippen molar-refractivity contribution in [2.45, 2.75) is 19.0 Å². The van der Waals surface area contributed by atoms with Gasteiger partial charge in [0.05, 0.1) is 11.7 Å². The molecule has 2 aromatic rings. The highest BCUT2D eigenvalue weighted by molar-refractivity contribution is 6.30. The van der Waals surface area contributed by atoms with Crippen LogP contribution in [0.5, 0.6) is 0 Å². The Morgan fingerprint density at radius 1 is 1.30 bits per heavy atom. The number of rotatable bonds is 3. The molecular weight excluding hydrogens is 314 g/mol. The number of nitrogens with zero attached hydrogens (tertiary/aromatic N) is 2. The normalized spacial score (nSPS) is 17.1. The van der Waals surface area contributed by atoms with Crippen LogP contribution in [-0.2, 0) is 17.8 Å². The second-order valence-electron chi connectivity index (χ2n) is 5.76. The minimum atomic E-state index is -0.697. The van der Waals surface area contributed by atoms with Crippen LogP contribution in [0, 0.1) is 0 Å². The molecule has 1 aliphatic heterocycles. The molecule has 2 aromatic carbocycles. The summed E-state index contributed by atoms with van der Waals surface area (Å²) in [6.45, 7) is 0.698. The van der Waals surface area contributed by atoms with E-state index in [-0.39, 0.29) is 0 Å². The van der Waals surface area contributed by atoms with Gasteiger partial charge in [-0.2, -0.15) is 5.06 Å². The van der Waals surface area contributed by atoms with Crippen LogP contribution in [0.25, 0.3) is 0 Å². The highest BCUT2D eigenvalue weighted by Gasteiger charge is 2.29. The third-order valence-electron chi connectivity index (χ3n) is 4.03. The third kappa shape index (κ3) is 3.17. The van der Waals surface area contributed by atoms with Gasteiger partial charge in [0.2, 0.25) is 0 Å². The molecule has 1 atom stereocenters. The lowest BCUT2D eigenvalue weighted by molar-refractivity contribution is -0.125. The molecule has 0 unspecified atom stereocenters. The van der Waals surface area contributed by atoms with E-state index in [2.05, 4.69) is 4.90 Å². The zero-order chi connectivity index (χ0) is 16.6. The number of hydrogen-bond acceptors (Lipinski definition) is 4. The van der Waals surface area contributed by atoms with Crippen molar-refractivity contribution in [3.63, 3.8) is 0 Å². The largest absolute Gasteiger partial charge is 0.370 e. The summed E-state index contributed by atoms with van der Waals surface area (Å²) in [5.74, 6) is -0.469. The van der Waals surface area contributed by atoms with E-state index in [0.717, 1.165) is 16.8 Å². The number of amides is 1. The maximum Gasteiger partial charge on any atom is 0.267 e. The van der Waals surface area contributed by atoms with Crippen molar-refractivity contribution in [3.8, 4) is 0 Å². The highest BCUT2D eigenvalue weighted by atomic mass is 35.5. The van der Waals surface area contributed by atoms with Crippen LogP contribution in [0.15, 0.2) is 42.5 Å². The van der Waals surface area contributed by atoms with Crippen molar-refractivity contribution in [2.24, 2.45) is 5.73 Å². The number of carbonyl (C=O) groups is 1. The zero-order valence-electron chi connectivity index (χ0n) is 12.7.